The van der Waals surface area contributed by atoms with Gasteiger partial charge in [-0.05, 0) is 46.7 Å². The molecule has 0 aromatic heterocycles. The molecule has 0 saturated carbocycles. The molecule has 0 aliphatic rings. The summed E-state index contributed by atoms with van der Waals surface area (Å²) in [7, 11) is 0. The second kappa shape index (κ2) is 4.57. The van der Waals surface area contributed by atoms with Crippen LogP contribution in [0.25, 0.3) is 0 Å². The van der Waals surface area contributed by atoms with E-state index in [1.165, 1.54) is 3.57 Å². The minimum absolute atomic E-state index is 0.370. The van der Waals surface area contributed by atoms with E-state index < -0.39 is 0 Å². The van der Waals surface area contributed by atoms with Gasteiger partial charge in [0.15, 0.2) is 0 Å². The van der Waals surface area contributed by atoms with Crippen molar-refractivity contribution in [1.82, 2.24) is 0 Å². The number of aldehydes is 1. The second-order valence-electron chi connectivity index (χ2n) is 2.63. The highest BCUT2D eigenvalue weighted by Gasteiger charge is 2.00. The molecule has 0 radical (unpaired) electrons. The topological polar surface area (TPSA) is 43.1 Å². The summed E-state index contributed by atoms with van der Waals surface area (Å²) in [4.78, 5) is 10.2. The summed E-state index contributed by atoms with van der Waals surface area (Å²) >= 11 is 2.24. The minimum Gasteiger partial charge on any atom is -0.321 e. The number of hydrogen-bond donors (Lipinski definition) is 1. The molecule has 12 heavy (non-hydrogen) atoms. The zero-order valence-electron chi connectivity index (χ0n) is 6.53. The van der Waals surface area contributed by atoms with E-state index >= 15 is 0 Å². The van der Waals surface area contributed by atoms with E-state index in [0.29, 0.717) is 6.42 Å². The highest BCUT2D eigenvalue weighted by Crippen LogP contribution is 2.07. The Hall–Kier alpha value is -0.420. The van der Waals surface area contributed by atoms with E-state index in [4.69, 9.17) is 5.73 Å². The average Bonchev–Trinajstić information content (AvgIpc) is 2.09. The van der Waals surface area contributed by atoms with Crippen molar-refractivity contribution in [2.75, 3.05) is 0 Å². The van der Waals surface area contributed by atoms with Crippen LogP contribution in [0.3, 0.4) is 0 Å². The van der Waals surface area contributed by atoms with Crippen LogP contribution in [0.2, 0.25) is 0 Å². The highest BCUT2D eigenvalue weighted by atomic mass is 127. The number of hydrogen-bond acceptors (Lipinski definition) is 2. The van der Waals surface area contributed by atoms with Crippen LogP contribution in [0, 0.1) is 3.57 Å². The van der Waals surface area contributed by atoms with Crippen molar-refractivity contribution >= 4 is 28.9 Å². The Labute approximate surface area is 85.3 Å². The minimum atomic E-state index is -0.370. The maximum absolute atomic E-state index is 10.2. The van der Waals surface area contributed by atoms with Gasteiger partial charge in [-0.1, -0.05) is 12.1 Å². The Morgan fingerprint density at radius 1 is 1.42 bits per heavy atom. The Kier molecular flexibility index (Phi) is 3.68. The van der Waals surface area contributed by atoms with Gasteiger partial charge in [0.25, 0.3) is 0 Å². The van der Waals surface area contributed by atoms with E-state index in [1.807, 2.05) is 24.3 Å². The van der Waals surface area contributed by atoms with Crippen LogP contribution in [-0.2, 0) is 11.2 Å². The van der Waals surface area contributed by atoms with E-state index in [-0.39, 0.29) is 6.04 Å². The maximum Gasteiger partial charge on any atom is 0.137 e. The highest BCUT2D eigenvalue weighted by molar-refractivity contribution is 14.1. The lowest BCUT2D eigenvalue weighted by molar-refractivity contribution is -0.108. The fourth-order valence-corrected chi connectivity index (χ4v) is 1.30. The SMILES string of the molecule is N[C@@H](C=O)Cc1ccc(I)cc1. The standard InChI is InChI=1S/C9H10INO/c10-8-3-1-7(2-4-8)5-9(11)6-12/h1-4,6,9H,5,11H2/t9-/m1/s1. The molecule has 64 valence electrons. The van der Waals surface area contributed by atoms with Crippen LogP contribution in [0.4, 0.5) is 0 Å². The number of nitrogens with two attached hydrogens (primary N) is 1. The van der Waals surface area contributed by atoms with Crippen molar-refractivity contribution in [3.8, 4) is 0 Å². The van der Waals surface area contributed by atoms with Crippen LogP contribution in [-0.4, -0.2) is 12.3 Å². The van der Waals surface area contributed by atoms with Crippen LogP contribution in [0.15, 0.2) is 24.3 Å². The molecule has 0 aliphatic carbocycles. The summed E-state index contributed by atoms with van der Waals surface area (Å²) in [5.41, 5.74) is 6.58. The molecule has 1 aromatic carbocycles. The molecule has 1 atom stereocenters. The smallest absolute Gasteiger partial charge is 0.137 e. The van der Waals surface area contributed by atoms with Gasteiger partial charge in [-0.2, -0.15) is 0 Å². The first kappa shape index (κ1) is 9.67. The molecule has 2 N–H and O–H groups in total. The van der Waals surface area contributed by atoms with E-state index in [0.717, 1.165) is 11.8 Å². The van der Waals surface area contributed by atoms with Crippen molar-refractivity contribution in [3.05, 3.63) is 33.4 Å². The summed E-state index contributed by atoms with van der Waals surface area (Å²) < 4.78 is 1.19. The number of halogens is 1. The first-order valence-electron chi connectivity index (χ1n) is 3.67. The number of rotatable bonds is 3. The first-order valence-corrected chi connectivity index (χ1v) is 4.75. The molecule has 1 aromatic rings. The van der Waals surface area contributed by atoms with Gasteiger partial charge in [-0.25, -0.2) is 0 Å². The number of benzene rings is 1. The maximum atomic E-state index is 10.2. The Bertz CT molecular complexity index is 258. The number of carbonyl (C=O) groups excluding carboxylic acids is 1. The third-order valence-electron chi connectivity index (χ3n) is 1.56. The molecule has 0 aliphatic heterocycles. The molecular weight excluding hydrogens is 265 g/mol. The van der Waals surface area contributed by atoms with Gasteiger partial charge in [0.2, 0.25) is 0 Å². The molecule has 1 rings (SSSR count). The fourth-order valence-electron chi connectivity index (χ4n) is 0.941. The predicted octanol–water partition coefficient (Wildman–Crippen LogP) is 1.36. The third-order valence-corrected chi connectivity index (χ3v) is 2.28. The molecule has 0 unspecified atom stereocenters. The molecule has 3 heteroatoms. The monoisotopic (exact) mass is 275 g/mol. The van der Waals surface area contributed by atoms with E-state index in [1.54, 1.807) is 0 Å². The summed E-state index contributed by atoms with van der Waals surface area (Å²) in [6.07, 6.45) is 1.40. The lowest BCUT2D eigenvalue weighted by Gasteiger charge is -2.03. The summed E-state index contributed by atoms with van der Waals surface area (Å²) in [5.74, 6) is 0. The summed E-state index contributed by atoms with van der Waals surface area (Å²) in [6.45, 7) is 0. The van der Waals surface area contributed by atoms with E-state index in [2.05, 4.69) is 22.6 Å². The molecular formula is C9H10INO. The van der Waals surface area contributed by atoms with Crippen molar-refractivity contribution < 1.29 is 4.79 Å². The fraction of sp³-hybridized carbons (Fsp3) is 0.222. The Morgan fingerprint density at radius 3 is 2.50 bits per heavy atom. The van der Waals surface area contributed by atoms with Gasteiger partial charge in [0, 0.05) is 3.57 Å². The van der Waals surface area contributed by atoms with Gasteiger partial charge < -0.3 is 10.5 Å². The van der Waals surface area contributed by atoms with E-state index in [9.17, 15) is 4.79 Å². The molecule has 2 nitrogen and oxygen atoms in total. The quantitative estimate of drug-likeness (QED) is 0.668. The molecule has 0 amide bonds. The van der Waals surface area contributed by atoms with Gasteiger partial charge in [-0.15, -0.1) is 0 Å². The van der Waals surface area contributed by atoms with Gasteiger partial charge in [0.1, 0.15) is 6.29 Å². The lowest BCUT2D eigenvalue weighted by atomic mass is 10.1. The lowest BCUT2D eigenvalue weighted by Crippen LogP contribution is -2.23. The largest absolute Gasteiger partial charge is 0.321 e. The van der Waals surface area contributed by atoms with Crippen molar-refractivity contribution in [2.24, 2.45) is 5.73 Å². The third kappa shape index (κ3) is 2.91. The Morgan fingerprint density at radius 2 is 2.00 bits per heavy atom. The zero-order valence-corrected chi connectivity index (χ0v) is 8.69. The summed E-state index contributed by atoms with van der Waals surface area (Å²) in [5, 5.41) is 0. The number of carbonyl (C=O) groups is 1. The van der Waals surface area contributed by atoms with Gasteiger partial charge in [-0.3, -0.25) is 0 Å². The average molecular weight is 275 g/mol. The predicted molar refractivity (Wildman–Crippen MR) is 56.9 cm³/mol. The van der Waals surface area contributed by atoms with Crippen LogP contribution >= 0.6 is 22.6 Å². The zero-order chi connectivity index (χ0) is 8.97. The van der Waals surface area contributed by atoms with Gasteiger partial charge >= 0.3 is 0 Å². The van der Waals surface area contributed by atoms with Crippen molar-refractivity contribution in [1.29, 1.82) is 0 Å². The normalized spacial score (nSPS) is 12.5. The summed E-state index contributed by atoms with van der Waals surface area (Å²) in [6, 6.07) is 7.63. The first-order chi connectivity index (χ1) is 5.72. The molecule has 0 fully saturated rings. The molecule has 0 saturated heterocycles. The van der Waals surface area contributed by atoms with Crippen molar-refractivity contribution in [3.63, 3.8) is 0 Å². The van der Waals surface area contributed by atoms with Gasteiger partial charge in [0.05, 0.1) is 6.04 Å². The van der Waals surface area contributed by atoms with Crippen LogP contribution < -0.4 is 5.73 Å². The molecule has 0 heterocycles. The van der Waals surface area contributed by atoms with Crippen molar-refractivity contribution in [2.45, 2.75) is 12.5 Å². The molecule has 0 spiro atoms. The second-order valence-corrected chi connectivity index (χ2v) is 3.88. The Balaban J connectivity index is 2.64. The van der Waals surface area contributed by atoms with Crippen LogP contribution in [0.1, 0.15) is 5.56 Å². The molecule has 0 bridgehead atoms. The van der Waals surface area contributed by atoms with Crippen LogP contribution in [0.5, 0.6) is 0 Å².